The van der Waals surface area contributed by atoms with Gasteiger partial charge in [0.25, 0.3) is 0 Å². The number of halogens is 1. The molecule has 2 aliphatic rings. The minimum atomic E-state index is -0.643. The Hall–Kier alpha value is -4.60. The SMILES string of the molecule is CN1CCC(N(C)Cc2cc(O)cc(-c3nc(-c4cnn5ccccc45)nc(N[C@@H]4CCCN(C(=O)CC#N)C4)c3F)c2)CC1. The maximum absolute atomic E-state index is 16.5. The van der Waals surface area contributed by atoms with Gasteiger partial charge in [-0.15, -0.1) is 0 Å². The number of pyridine rings is 1. The van der Waals surface area contributed by atoms with Crippen LogP contribution in [0, 0.1) is 17.1 Å². The molecule has 12 heteroatoms. The first kappa shape index (κ1) is 30.4. The smallest absolute Gasteiger partial charge is 0.236 e. The molecule has 2 N–H and O–H groups in total. The van der Waals surface area contributed by atoms with Gasteiger partial charge in [0.05, 0.1) is 23.3 Å². The van der Waals surface area contributed by atoms with Gasteiger partial charge < -0.3 is 20.2 Å². The molecule has 234 valence electrons. The van der Waals surface area contributed by atoms with Crippen molar-refractivity contribution in [1.82, 2.24) is 34.3 Å². The molecule has 1 amide bonds. The maximum Gasteiger partial charge on any atom is 0.236 e. The summed E-state index contributed by atoms with van der Waals surface area (Å²) in [5.74, 6) is -0.550. The van der Waals surface area contributed by atoms with Crippen LogP contribution in [0.4, 0.5) is 10.2 Å². The van der Waals surface area contributed by atoms with Crippen molar-refractivity contribution in [2.45, 2.75) is 50.7 Å². The number of phenols is 1. The molecule has 1 aromatic carbocycles. The van der Waals surface area contributed by atoms with Gasteiger partial charge in [-0.05, 0) is 88.8 Å². The van der Waals surface area contributed by atoms with E-state index in [2.05, 4.69) is 39.3 Å². The van der Waals surface area contributed by atoms with Crippen molar-refractivity contribution in [1.29, 1.82) is 5.26 Å². The van der Waals surface area contributed by atoms with E-state index in [1.807, 2.05) is 36.5 Å². The number of nitrogens with zero attached hydrogens (tertiary/aromatic N) is 8. The largest absolute Gasteiger partial charge is 0.508 e. The number of hydrogen-bond acceptors (Lipinski definition) is 9. The lowest BCUT2D eigenvalue weighted by atomic mass is 10.0. The van der Waals surface area contributed by atoms with Crippen LogP contribution in [0.3, 0.4) is 0 Å². The molecule has 6 rings (SSSR count). The summed E-state index contributed by atoms with van der Waals surface area (Å²) in [5, 5.41) is 27.4. The molecule has 45 heavy (non-hydrogen) atoms. The van der Waals surface area contributed by atoms with Crippen molar-refractivity contribution >= 4 is 17.2 Å². The third kappa shape index (κ3) is 6.74. The zero-order chi connectivity index (χ0) is 31.5. The number of nitriles is 1. The number of piperidine rings is 2. The Labute approximate surface area is 261 Å². The van der Waals surface area contributed by atoms with Gasteiger partial charge in [-0.2, -0.15) is 10.4 Å². The molecule has 0 spiro atoms. The van der Waals surface area contributed by atoms with E-state index in [4.69, 9.17) is 10.2 Å². The fourth-order valence-corrected chi connectivity index (χ4v) is 6.41. The number of aromatic hydroxyl groups is 1. The molecular formula is C33H38FN9O2. The second-order valence-electron chi connectivity index (χ2n) is 12.1. The third-order valence-electron chi connectivity index (χ3n) is 8.86. The van der Waals surface area contributed by atoms with Crippen molar-refractivity contribution in [3.05, 3.63) is 60.2 Å². The number of fused-ring (bicyclic) bond motifs is 1. The van der Waals surface area contributed by atoms with E-state index in [-0.39, 0.29) is 41.5 Å². The lowest BCUT2D eigenvalue weighted by Crippen LogP contribution is -2.45. The number of carbonyl (C=O) groups is 1. The summed E-state index contributed by atoms with van der Waals surface area (Å²) in [6.07, 6.45) is 6.85. The highest BCUT2D eigenvalue weighted by molar-refractivity contribution is 5.79. The molecule has 0 bridgehead atoms. The average molecular weight is 612 g/mol. The van der Waals surface area contributed by atoms with E-state index in [0.717, 1.165) is 43.4 Å². The molecule has 11 nitrogen and oxygen atoms in total. The molecule has 2 aliphatic heterocycles. The van der Waals surface area contributed by atoms with Crippen molar-refractivity contribution in [3.63, 3.8) is 0 Å². The summed E-state index contributed by atoms with van der Waals surface area (Å²) in [5.41, 5.74) is 2.76. The van der Waals surface area contributed by atoms with E-state index < -0.39 is 5.82 Å². The van der Waals surface area contributed by atoms with Crippen molar-refractivity contribution in [2.24, 2.45) is 0 Å². The fraction of sp³-hybridized carbons (Fsp3) is 0.424. The Balaban J connectivity index is 1.36. The Bertz CT molecular complexity index is 1730. The molecule has 1 atom stereocenters. The molecule has 0 saturated carbocycles. The quantitative estimate of drug-likeness (QED) is 0.302. The maximum atomic E-state index is 16.5. The number of hydrogen-bond donors (Lipinski definition) is 2. The second kappa shape index (κ2) is 13.2. The monoisotopic (exact) mass is 611 g/mol. The molecule has 0 radical (unpaired) electrons. The Morgan fingerprint density at radius 3 is 2.80 bits per heavy atom. The van der Waals surface area contributed by atoms with Crippen LogP contribution in [0.15, 0.2) is 48.8 Å². The van der Waals surface area contributed by atoms with Gasteiger partial charge in [0.1, 0.15) is 17.9 Å². The number of rotatable bonds is 8. The van der Waals surface area contributed by atoms with Gasteiger partial charge in [0.15, 0.2) is 17.5 Å². The first-order chi connectivity index (χ1) is 21.8. The van der Waals surface area contributed by atoms with Gasteiger partial charge in [0.2, 0.25) is 5.91 Å². The normalized spacial score (nSPS) is 17.9. The van der Waals surface area contributed by atoms with Crippen LogP contribution in [-0.2, 0) is 11.3 Å². The van der Waals surface area contributed by atoms with Crippen LogP contribution < -0.4 is 5.32 Å². The third-order valence-corrected chi connectivity index (χ3v) is 8.86. The predicted octanol–water partition coefficient (Wildman–Crippen LogP) is 4.15. The van der Waals surface area contributed by atoms with E-state index >= 15 is 4.39 Å². The summed E-state index contributed by atoms with van der Waals surface area (Å²) in [7, 11) is 4.22. The number of phenolic OH excluding ortho intramolecular Hbond substituents is 1. The van der Waals surface area contributed by atoms with Crippen molar-refractivity contribution in [3.8, 4) is 34.5 Å². The number of amides is 1. The zero-order valence-electron chi connectivity index (χ0n) is 25.7. The summed E-state index contributed by atoms with van der Waals surface area (Å²) in [6, 6.07) is 12.9. The summed E-state index contributed by atoms with van der Waals surface area (Å²) < 4.78 is 18.2. The van der Waals surface area contributed by atoms with Crippen LogP contribution >= 0.6 is 0 Å². The lowest BCUT2D eigenvalue weighted by molar-refractivity contribution is -0.131. The number of benzene rings is 1. The molecule has 5 heterocycles. The number of nitrogens with one attached hydrogen (secondary N) is 1. The van der Waals surface area contributed by atoms with E-state index in [0.29, 0.717) is 43.2 Å². The van der Waals surface area contributed by atoms with E-state index in [9.17, 15) is 9.90 Å². The van der Waals surface area contributed by atoms with Crippen LogP contribution in [0.1, 0.15) is 37.7 Å². The van der Waals surface area contributed by atoms with E-state index in [1.165, 1.54) is 6.07 Å². The number of aromatic nitrogens is 4. The van der Waals surface area contributed by atoms with Crippen LogP contribution in [0.5, 0.6) is 5.75 Å². The predicted molar refractivity (Wildman–Crippen MR) is 169 cm³/mol. The summed E-state index contributed by atoms with van der Waals surface area (Å²) in [4.78, 5) is 28.0. The zero-order valence-corrected chi connectivity index (χ0v) is 25.7. The number of likely N-dealkylation sites (tertiary alicyclic amines) is 2. The Kier molecular flexibility index (Phi) is 8.91. The van der Waals surface area contributed by atoms with Gasteiger partial charge in [-0.3, -0.25) is 9.69 Å². The molecule has 0 aliphatic carbocycles. The Morgan fingerprint density at radius 1 is 1.18 bits per heavy atom. The molecule has 0 unspecified atom stereocenters. The molecule has 4 aromatic rings. The number of carbonyl (C=O) groups excluding carboxylic acids is 1. The first-order valence-electron chi connectivity index (χ1n) is 15.4. The molecule has 3 aromatic heterocycles. The second-order valence-corrected chi connectivity index (χ2v) is 12.1. The standard InChI is InChI=1S/C33H38FN9O2/c1-40-14-9-25(10-15-40)41(2)20-22-16-23(18-26(44)17-22)31-30(34)33(37-24-6-5-12-42(21-24)29(45)8-11-35)39-32(38-31)27-19-36-43-13-4-3-7-28(27)43/h3-4,7,13,16-19,24-25,44H,5-6,8-10,12,14-15,20-21H2,1-2H3,(H,37,38,39)/t24-/m1/s1. The summed E-state index contributed by atoms with van der Waals surface area (Å²) in [6.45, 7) is 3.58. The average Bonchev–Trinajstić information content (AvgIpc) is 3.47. The van der Waals surface area contributed by atoms with Gasteiger partial charge in [-0.25, -0.2) is 18.9 Å². The highest BCUT2D eigenvalue weighted by Gasteiger charge is 2.27. The van der Waals surface area contributed by atoms with Gasteiger partial charge >= 0.3 is 0 Å². The lowest BCUT2D eigenvalue weighted by Gasteiger charge is -2.35. The minimum Gasteiger partial charge on any atom is -0.508 e. The Morgan fingerprint density at radius 2 is 2.00 bits per heavy atom. The molecule has 2 saturated heterocycles. The van der Waals surface area contributed by atoms with Gasteiger partial charge in [0, 0.05) is 43.5 Å². The summed E-state index contributed by atoms with van der Waals surface area (Å²) >= 11 is 0. The van der Waals surface area contributed by atoms with Crippen molar-refractivity contribution < 1.29 is 14.3 Å². The highest BCUT2D eigenvalue weighted by atomic mass is 19.1. The fourth-order valence-electron chi connectivity index (χ4n) is 6.41. The van der Waals surface area contributed by atoms with Crippen LogP contribution in [0.25, 0.3) is 28.2 Å². The minimum absolute atomic E-state index is 0.0122. The highest BCUT2D eigenvalue weighted by Crippen LogP contribution is 2.33. The van der Waals surface area contributed by atoms with Crippen molar-refractivity contribution in [2.75, 3.05) is 45.6 Å². The molecule has 2 fully saturated rings. The number of anilines is 1. The van der Waals surface area contributed by atoms with E-state index in [1.54, 1.807) is 21.7 Å². The van der Waals surface area contributed by atoms with Gasteiger partial charge in [-0.1, -0.05) is 6.07 Å². The first-order valence-corrected chi connectivity index (χ1v) is 15.4. The molecular weight excluding hydrogens is 573 g/mol. The topological polar surface area (TPSA) is 126 Å². The van der Waals surface area contributed by atoms with Crippen LogP contribution in [-0.4, -0.2) is 97.7 Å². The van der Waals surface area contributed by atoms with Crippen LogP contribution in [0.2, 0.25) is 0 Å².